The fourth-order valence-electron chi connectivity index (χ4n) is 1.33. The number of halogens is 1. The highest BCUT2D eigenvalue weighted by Gasteiger charge is 2.16. The molecule has 2 N–H and O–H groups in total. The Kier molecular flexibility index (Phi) is 6.88. The zero-order valence-electron chi connectivity index (χ0n) is 11.8. The van der Waals surface area contributed by atoms with Crippen molar-refractivity contribution in [3.05, 3.63) is 29.3 Å². The van der Waals surface area contributed by atoms with E-state index in [1.54, 1.807) is 19.1 Å². The summed E-state index contributed by atoms with van der Waals surface area (Å²) < 4.78 is 0. The zero-order valence-corrected chi connectivity index (χ0v) is 13.3. The number of hydrogen-bond donors (Lipinski definition) is 2. The quantitative estimate of drug-likeness (QED) is 0.820. The Morgan fingerprint density at radius 2 is 1.80 bits per heavy atom. The van der Waals surface area contributed by atoms with Gasteiger partial charge in [-0.05, 0) is 37.1 Å². The first-order valence-electron chi connectivity index (χ1n) is 6.39. The van der Waals surface area contributed by atoms with Crippen LogP contribution in [0.4, 0.5) is 4.79 Å². The standard InChI is InChI=1S/C14H19ClN2O2S/c1-9(2)8-16-14(19)17-13(18)10(3)20-12-6-4-11(15)5-7-12/h4-7,9-10H,8H2,1-3H3,(H2,16,17,18,19). The van der Waals surface area contributed by atoms with Gasteiger partial charge in [0.25, 0.3) is 0 Å². The molecule has 4 nitrogen and oxygen atoms in total. The summed E-state index contributed by atoms with van der Waals surface area (Å²) in [5.41, 5.74) is 0. The Labute approximate surface area is 128 Å². The molecule has 0 aromatic heterocycles. The maximum absolute atomic E-state index is 11.9. The minimum Gasteiger partial charge on any atom is -0.338 e. The third-order valence-electron chi connectivity index (χ3n) is 2.40. The van der Waals surface area contributed by atoms with Crippen LogP contribution in [0.5, 0.6) is 0 Å². The molecule has 0 fully saturated rings. The Hall–Kier alpha value is -1.20. The summed E-state index contributed by atoms with van der Waals surface area (Å²) in [4.78, 5) is 24.3. The molecule has 0 aliphatic carbocycles. The van der Waals surface area contributed by atoms with E-state index in [0.29, 0.717) is 17.5 Å². The summed E-state index contributed by atoms with van der Waals surface area (Å²) in [6.45, 7) is 6.27. The van der Waals surface area contributed by atoms with E-state index in [2.05, 4.69) is 10.6 Å². The first-order valence-corrected chi connectivity index (χ1v) is 7.65. The van der Waals surface area contributed by atoms with E-state index in [-0.39, 0.29) is 11.2 Å². The molecule has 1 rings (SSSR count). The van der Waals surface area contributed by atoms with E-state index < -0.39 is 6.03 Å². The fraction of sp³-hybridized carbons (Fsp3) is 0.429. The topological polar surface area (TPSA) is 58.2 Å². The van der Waals surface area contributed by atoms with E-state index in [1.807, 2.05) is 26.0 Å². The SMILES string of the molecule is CC(C)CNC(=O)NC(=O)C(C)Sc1ccc(Cl)cc1. The summed E-state index contributed by atoms with van der Waals surface area (Å²) in [6.07, 6.45) is 0. The highest BCUT2D eigenvalue weighted by atomic mass is 35.5. The van der Waals surface area contributed by atoms with Crippen molar-refractivity contribution in [2.75, 3.05) is 6.54 Å². The monoisotopic (exact) mass is 314 g/mol. The second-order valence-electron chi connectivity index (χ2n) is 4.81. The third-order valence-corrected chi connectivity index (χ3v) is 3.77. The molecule has 0 radical (unpaired) electrons. The second kappa shape index (κ2) is 8.17. The van der Waals surface area contributed by atoms with E-state index >= 15 is 0 Å². The van der Waals surface area contributed by atoms with E-state index in [1.165, 1.54) is 11.8 Å². The Morgan fingerprint density at radius 3 is 2.35 bits per heavy atom. The number of imide groups is 1. The summed E-state index contributed by atoms with van der Waals surface area (Å²) in [5.74, 6) is 0.0305. The molecule has 0 aliphatic heterocycles. The van der Waals surface area contributed by atoms with Gasteiger partial charge in [0.1, 0.15) is 0 Å². The van der Waals surface area contributed by atoms with Gasteiger partial charge in [0.2, 0.25) is 5.91 Å². The largest absolute Gasteiger partial charge is 0.338 e. The van der Waals surface area contributed by atoms with Crippen LogP contribution in [0.3, 0.4) is 0 Å². The van der Waals surface area contributed by atoms with Gasteiger partial charge in [0.05, 0.1) is 5.25 Å². The van der Waals surface area contributed by atoms with Crippen molar-refractivity contribution in [3.8, 4) is 0 Å². The van der Waals surface area contributed by atoms with Crippen molar-refractivity contribution in [1.82, 2.24) is 10.6 Å². The minimum absolute atomic E-state index is 0.314. The lowest BCUT2D eigenvalue weighted by atomic mass is 10.2. The van der Waals surface area contributed by atoms with Crippen LogP contribution in [-0.2, 0) is 4.79 Å². The molecule has 110 valence electrons. The van der Waals surface area contributed by atoms with Crippen molar-refractivity contribution < 1.29 is 9.59 Å². The highest BCUT2D eigenvalue weighted by Crippen LogP contribution is 2.24. The number of carbonyl (C=O) groups is 2. The first-order chi connectivity index (χ1) is 9.38. The van der Waals surface area contributed by atoms with Crippen molar-refractivity contribution >= 4 is 35.3 Å². The van der Waals surface area contributed by atoms with Crippen molar-refractivity contribution in [2.24, 2.45) is 5.92 Å². The van der Waals surface area contributed by atoms with Gasteiger partial charge >= 0.3 is 6.03 Å². The van der Waals surface area contributed by atoms with E-state index in [0.717, 1.165) is 4.90 Å². The lowest BCUT2D eigenvalue weighted by molar-refractivity contribution is -0.119. The van der Waals surface area contributed by atoms with Gasteiger partial charge in [0.15, 0.2) is 0 Å². The number of urea groups is 1. The van der Waals surface area contributed by atoms with Crippen LogP contribution in [0.2, 0.25) is 5.02 Å². The Morgan fingerprint density at radius 1 is 1.20 bits per heavy atom. The van der Waals surface area contributed by atoms with Gasteiger partial charge in [-0.2, -0.15) is 0 Å². The van der Waals surface area contributed by atoms with Gasteiger partial charge in [0, 0.05) is 16.5 Å². The molecule has 0 saturated carbocycles. The zero-order chi connectivity index (χ0) is 15.1. The van der Waals surface area contributed by atoms with Crippen LogP contribution >= 0.6 is 23.4 Å². The average Bonchev–Trinajstić information content (AvgIpc) is 2.39. The number of thioether (sulfide) groups is 1. The lowest BCUT2D eigenvalue weighted by Gasteiger charge is -2.12. The second-order valence-corrected chi connectivity index (χ2v) is 6.66. The predicted octanol–water partition coefficient (Wildman–Crippen LogP) is 3.30. The molecule has 6 heteroatoms. The van der Waals surface area contributed by atoms with Gasteiger partial charge < -0.3 is 5.32 Å². The van der Waals surface area contributed by atoms with Gasteiger partial charge in [-0.25, -0.2) is 4.79 Å². The van der Waals surface area contributed by atoms with Gasteiger partial charge in [-0.3, -0.25) is 10.1 Å². The summed E-state index contributed by atoms with van der Waals surface area (Å²) in [6, 6.07) is 6.77. The molecular weight excluding hydrogens is 296 g/mol. The maximum atomic E-state index is 11.9. The number of nitrogens with one attached hydrogen (secondary N) is 2. The highest BCUT2D eigenvalue weighted by molar-refractivity contribution is 8.00. The van der Waals surface area contributed by atoms with Crippen molar-refractivity contribution in [2.45, 2.75) is 30.9 Å². The molecule has 1 aromatic rings. The molecule has 1 atom stereocenters. The van der Waals surface area contributed by atoms with Crippen molar-refractivity contribution in [1.29, 1.82) is 0 Å². The summed E-state index contributed by atoms with van der Waals surface area (Å²) in [7, 11) is 0. The number of amides is 3. The van der Waals surface area contributed by atoms with E-state index in [9.17, 15) is 9.59 Å². The number of carbonyl (C=O) groups excluding carboxylic acids is 2. The summed E-state index contributed by atoms with van der Waals surface area (Å²) in [5, 5.41) is 5.26. The van der Waals surface area contributed by atoms with Crippen LogP contribution in [-0.4, -0.2) is 23.7 Å². The minimum atomic E-state index is -0.452. The normalized spacial score (nSPS) is 12.1. The lowest BCUT2D eigenvalue weighted by Crippen LogP contribution is -2.43. The molecule has 3 amide bonds. The molecule has 0 spiro atoms. The smallest absolute Gasteiger partial charge is 0.321 e. The fourth-order valence-corrected chi connectivity index (χ4v) is 2.32. The molecule has 0 heterocycles. The third kappa shape index (κ3) is 6.30. The van der Waals surface area contributed by atoms with E-state index in [4.69, 9.17) is 11.6 Å². The summed E-state index contributed by atoms with van der Waals surface area (Å²) >= 11 is 7.17. The van der Waals surface area contributed by atoms with Crippen LogP contribution in [0.25, 0.3) is 0 Å². The molecule has 1 unspecified atom stereocenters. The predicted molar refractivity (Wildman–Crippen MR) is 83.2 cm³/mol. The molecule has 0 saturated heterocycles. The van der Waals surface area contributed by atoms with Gasteiger partial charge in [-0.15, -0.1) is 11.8 Å². The van der Waals surface area contributed by atoms with Gasteiger partial charge in [-0.1, -0.05) is 25.4 Å². The molecule has 0 bridgehead atoms. The molecule has 20 heavy (non-hydrogen) atoms. The number of rotatable bonds is 5. The molecule has 0 aliphatic rings. The Balaban J connectivity index is 2.42. The van der Waals surface area contributed by atoms with Crippen LogP contribution in [0.1, 0.15) is 20.8 Å². The van der Waals surface area contributed by atoms with Crippen LogP contribution in [0, 0.1) is 5.92 Å². The number of benzene rings is 1. The Bertz CT molecular complexity index is 463. The van der Waals surface area contributed by atoms with Crippen LogP contribution in [0.15, 0.2) is 29.2 Å². The molecular formula is C14H19ClN2O2S. The molecule has 1 aromatic carbocycles. The first kappa shape index (κ1) is 16.9. The number of hydrogen-bond acceptors (Lipinski definition) is 3. The van der Waals surface area contributed by atoms with Crippen LogP contribution < -0.4 is 10.6 Å². The average molecular weight is 315 g/mol. The van der Waals surface area contributed by atoms with Crippen molar-refractivity contribution in [3.63, 3.8) is 0 Å². The maximum Gasteiger partial charge on any atom is 0.321 e.